The number of piperidine rings is 1. The van der Waals surface area contributed by atoms with Crippen LogP contribution in [-0.4, -0.2) is 45.9 Å². The molecule has 2 fully saturated rings. The summed E-state index contributed by atoms with van der Waals surface area (Å²) < 4.78 is 6.25. The van der Waals surface area contributed by atoms with Gasteiger partial charge in [-0.3, -0.25) is 4.90 Å². The first kappa shape index (κ1) is 17.6. The maximum atomic E-state index is 12.4. The van der Waals surface area contributed by atoms with Gasteiger partial charge in [0, 0.05) is 18.2 Å². The van der Waals surface area contributed by atoms with E-state index in [2.05, 4.69) is 18.4 Å². The zero-order valence-corrected chi connectivity index (χ0v) is 16.3. The highest BCUT2D eigenvalue weighted by atomic mass is 16.5. The van der Waals surface area contributed by atoms with Crippen LogP contribution in [0.1, 0.15) is 56.6 Å². The van der Waals surface area contributed by atoms with Crippen LogP contribution in [0.15, 0.2) is 24.8 Å². The lowest BCUT2D eigenvalue weighted by molar-refractivity contribution is -0.164. The second-order valence-corrected chi connectivity index (χ2v) is 9.13. The number of hydrogen-bond acceptors (Lipinski definition) is 4. The Hall–Kier alpha value is -1.52. The molecule has 0 amide bonds. The molecule has 4 unspecified atom stereocenters. The van der Waals surface area contributed by atoms with Gasteiger partial charge in [0.25, 0.3) is 0 Å². The molecule has 4 heteroatoms. The molecule has 4 atom stereocenters. The Balaban J connectivity index is 1.68. The number of phenols is 1. The van der Waals surface area contributed by atoms with Gasteiger partial charge in [0.15, 0.2) is 11.5 Å². The first-order valence-corrected chi connectivity index (χ1v) is 10.7. The van der Waals surface area contributed by atoms with Crippen molar-refractivity contribution in [1.29, 1.82) is 0 Å². The summed E-state index contributed by atoms with van der Waals surface area (Å²) in [7, 11) is 0. The normalized spacial score (nSPS) is 37.0. The molecule has 1 saturated carbocycles. The summed E-state index contributed by atoms with van der Waals surface area (Å²) >= 11 is 0. The average molecular weight is 370 g/mol. The minimum absolute atomic E-state index is 0.118. The standard InChI is InChI=1S/C23H31NO3/c1-3-5-10-23(26)18-13-16-8-9-17(25)21-20(16)22(23,19(4-2)27-21)11-12-24(18)14-15-6-7-15/h4,8-9,15,18-19,25-26H,2-3,5-7,10-14H2,1H3. The predicted octanol–water partition coefficient (Wildman–Crippen LogP) is 3.54. The summed E-state index contributed by atoms with van der Waals surface area (Å²) in [5, 5.41) is 22.8. The average Bonchev–Trinajstić information content (AvgIpc) is 3.40. The highest BCUT2D eigenvalue weighted by Gasteiger charge is 2.69. The number of fused-ring (bicyclic) bond motifs is 1. The molecule has 2 N–H and O–H groups in total. The Morgan fingerprint density at radius 3 is 2.89 bits per heavy atom. The SMILES string of the molecule is C=CC1Oc2c(O)ccc3c2C12CCN(CC1CC1)C(C3)C2(O)CCCC. The lowest BCUT2D eigenvalue weighted by Gasteiger charge is -2.61. The minimum Gasteiger partial charge on any atom is -0.504 e. The van der Waals surface area contributed by atoms with Gasteiger partial charge in [-0.2, -0.15) is 0 Å². The molecular weight excluding hydrogens is 338 g/mol. The second-order valence-electron chi connectivity index (χ2n) is 9.13. The molecule has 1 aromatic carbocycles. The van der Waals surface area contributed by atoms with Crippen LogP contribution in [0.5, 0.6) is 11.5 Å². The van der Waals surface area contributed by atoms with Crippen molar-refractivity contribution in [3.8, 4) is 11.5 Å². The van der Waals surface area contributed by atoms with Crippen molar-refractivity contribution in [2.75, 3.05) is 13.1 Å². The van der Waals surface area contributed by atoms with Gasteiger partial charge in [-0.05, 0) is 56.2 Å². The highest BCUT2D eigenvalue weighted by Crippen LogP contribution is 2.63. The van der Waals surface area contributed by atoms with Gasteiger partial charge in [0.2, 0.25) is 0 Å². The maximum Gasteiger partial charge on any atom is 0.166 e. The fourth-order valence-corrected chi connectivity index (χ4v) is 6.22. The van der Waals surface area contributed by atoms with E-state index in [0.717, 1.165) is 56.7 Å². The van der Waals surface area contributed by atoms with Crippen LogP contribution >= 0.6 is 0 Å². The molecule has 2 aliphatic heterocycles. The Bertz CT molecular complexity index is 773. The van der Waals surface area contributed by atoms with Crippen LogP contribution in [0.25, 0.3) is 0 Å². The van der Waals surface area contributed by atoms with Gasteiger partial charge in [-0.1, -0.05) is 38.5 Å². The number of unbranched alkanes of at least 4 members (excludes halogenated alkanes) is 1. The molecule has 2 aliphatic carbocycles. The van der Waals surface area contributed by atoms with Crippen LogP contribution < -0.4 is 4.74 Å². The molecular formula is C23H31NO3. The van der Waals surface area contributed by atoms with E-state index in [9.17, 15) is 10.2 Å². The summed E-state index contributed by atoms with van der Waals surface area (Å²) in [5.41, 5.74) is 0.962. The van der Waals surface area contributed by atoms with Crippen molar-refractivity contribution in [2.45, 2.75) is 75.0 Å². The van der Waals surface area contributed by atoms with Crippen LogP contribution in [-0.2, 0) is 11.8 Å². The van der Waals surface area contributed by atoms with E-state index in [1.807, 2.05) is 12.1 Å². The molecule has 27 heavy (non-hydrogen) atoms. The number of likely N-dealkylation sites (tertiary alicyclic amines) is 1. The third-order valence-corrected chi connectivity index (χ3v) is 7.69. The van der Waals surface area contributed by atoms with Crippen molar-refractivity contribution >= 4 is 0 Å². The summed E-state index contributed by atoms with van der Waals surface area (Å²) in [5.74, 6) is 1.58. The lowest BCUT2D eigenvalue weighted by Crippen LogP contribution is -2.73. The van der Waals surface area contributed by atoms with Crippen molar-refractivity contribution in [3.05, 3.63) is 35.9 Å². The molecule has 0 aromatic heterocycles. The van der Waals surface area contributed by atoms with E-state index in [1.165, 1.54) is 18.4 Å². The number of hydrogen-bond donors (Lipinski definition) is 2. The Morgan fingerprint density at radius 1 is 1.37 bits per heavy atom. The van der Waals surface area contributed by atoms with Gasteiger partial charge in [0.1, 0.15) is 6.10 Å². The van der Waals surface area contributed by atoms with Crippen molar-refractivity contribution < 1.29 is 14.9 Å². The summed E-state index contributed by atoms with van der Waals surface area (Å²) in [6.45, 7) is 8.32. The lowest BCUT2D eigenvalue weighted by atomic mass is 9.51. The molecule has 4 nitrogen and oxygen atoms in total. The Labute approximate surface area is 161 Å². The van der Waals surface area contributed by atoms with E-state index in [1.54, 1.807) is 6.07 Å². The first-order valence-electron chi connectivity index (χ1n) is 10.7. The van der Waals surface area contributed by atoms with Gasteiger partial charge in [-0.25, -0.2) is 0 Å². The van der Waals surface area contributed by atoms with Crippen molar-refractivity contribution in [2.24, 2.45) is 5.92 Å². The summed E-state index contributed by atoms with van der Waals surface area (Å²) in [6, 6.07) is 3.92. The molecule has 2 bridgehead atoms. The highest BCUT2D eigenvalue weighted by molar-refractivity contribution is 5.62. The number of rotatable bonds is 6. The van der Waals surface area contributed by atoms with Crippen LogP contribution in [0.4, 0.5) is 0 Å². The van der Waals surface area contributed by atoms with Crippen molar-refractivity contribution in [3.63, 3.8) is 0 Å². The Morgan fingerprint density at radius 2 is 2.19 bits per heavy atom. The van der Waals surface area contributed by atoms with Gasteiger partial charge < -0.3 is 14.9 Å². The van der Waals surface area contributed by atoms with Crippen LogP contribution in [0, 0.1) is 5.92 Å². The maximum absolute atomic E-state index is 12.4. The monoisotopic (exact) mass is 369 g/mol. The predicted molar refractivity (Wildman–Crippen MR) is 105 cm³/mol. The van der Waals surface area contributed by atoms with E-state index in [-0.39, 0.29) is 17.9 Å². The molecule has 146 valence electrons. The second kappa shape index (κ2) is 5.99. The zero-order chi connectivity index (χ0) is 18.8. The Kier molecular flexibility index (Phi) is 3.90. The molecule has 4 aliphatic rings. The number of benzene rings is 1. The topological polar surface area (TPSA) is 52.9 Å². The molecule has 0 radical (unpaired) electrons. The number of phenolic OH excluding ortho intramolecular Hbond substituents is 1. The molecule has 2 heterocycles. The van der Waals surface area contributed by atoms with E-state index in [0.29, 0.717) is 5.75 Å². The summed E-state index contributed by atoms with van der Waals surface area (Å²) in [6.07, 6.45) is 8.75. The smallest absolute Gasteiger partial charge is 0.166 e. The van der Waals surface area contributed by atoms with Crippen molar-refractivity contribution in [1.82, 2.24) is 4.90 Å². The number of nitrogens with zero attached hydrogens (tertiary/aromatic N) is 1. The fourth-order valence-electron chi connectivity index (χ4n) is 6.22. The quantitative estimate of drug-likeness (QED) is 0.753. The molecule has 5 rings (SSSR count). The minimum atomic E-state index is -0.846. The third-order valence-electron chi connectivity index (χ3n) is 7.69. The fraction of sp³-hybridized carbons (Fsp3) is 0.652. The van der Waals surface area contributed by atoms with Crippen LogP contribution in [0.2, 0.25) is 0 Å². The summed E-state index contributed by atoms with van der Waals surface area (Å²) in [4.78, 5) is 2.56. The van der Waals surface area contributed by atoms with E-state index in [4.69, 9.17) is 4.74 Å². The number of aromatic hydroxyl groups is 1. The zero-order valence-electron chi connectivity index (χ0n) is 16.3. The number of aliphatic hydroxyl groups is 1. The van der Waals surface area contributed by atoms with Gasteiger partial charge in [-0.15, -0.1) is 0 Å². The van der Waals surface area contributed by atoms with E-state index < -0.39 is 11.0 Å². The van der Waals surface area contributed by atoms with E-state index >= 15 is 0 Å². The molecule has 1 spiro atoms. The van der Waals surface area contributed by atoms with Gasteiger partial charge >= 0.3 is 0 Å². The van der Waals surface area contributed by atoms with Crippen LogP contribution in [0.3, 0.4) is 0 Å². The third kappa shape index (κ3) is 2.23. The molecule has 1 saturated heterocycles. The molecule has 1 aromatic rings. The first-order chi connectivity index (χ1) is 13.0. The number of ether oxygens (including phenoxy) is 1. The largest absolute Gasteiger partial charge is 0.504 e. The van der Waals surface area contributed by atoms with Gasteiger partial charge in [0.05, 0.1) is 11.0 Å².